The number of nitrogens with two attached hydrogens (primary N) is 1. The van der Waals surface area contributed by atoms with Gasteiger partial charge in [-0.3, -0.25) is 19.9 Å². The number of para-hydroxylation sites is 1. The van der Waals surface area contributed by atoms with Crippen LogP contribution in [0.15, 0.2) is 54.9 Å². The van der Waals surface area contributed by atoms with E-state index in [1.807, 2.05) is 18.9 Å². The van der Waals surface area contributed by atoms with Crippen molar-refractivity contribution < 1.29 is 18.1 Å². The molecule has 0 fully saturated rings. The molecule has 3 N–H and O–H groups in total. The molecule has 0 aliphatic rings. The lowest BCUT2D eigenvalue weighted by Crippen LogP contribution is -2.32. The molecule has 9 nitrogen and oxygen atoms in total. The number of aromatic nitrogens is 3. The third kappa shape index (κ3) is 5.73. The fraction of sp³-hybridized carbons (Fsp3) is 0.240. The van der Waals surface area contributed by atoms with Gasteiger partial charge in [-0.2, -0.15) is 13.2 Å². The highest BCUT2D eigenvalue weighted by molar-refractivity contribution is 7.80. The minimum absolute atomic E-state index is 0.150. The zero-order chi connectivity index (χ0) is 27.6. The number of nitrogens with zero attached hydrogens (tertiary/aromatic N) is 5. The van der Waals surface area contributed by atoms with Gasteiger partial charge < -0.3 is 10.7 Å². The summed E-state index contributed by atoms with van der Waals surface area (Å²) in [5, 5.41) is 11.4. The van der Waals surface area contributed by atoms with E-state index in [4.69, 9.17) is 18.0 Å². The summed E-state index contributed by atoms with van der Waals surface area (Å²) in [5.74, 6) is 0.450. The van der Waals surface area contributed by atoms with Gasteiger partial charge in [0.2, 0.25) is 0 Å². The number of fused-ring (bicyclic) bond motifs is 1. The number of hydrogen-bond donors (Lipinski definition) is 2. The molecule has 13 heteroatoms. The summed E-state index contributed by atoms with van der Waals surface area (Å²) in [6, 6.07) is 10.4. The number of aryl methyl sites for hydroxylation is 1. The van der Waals surface area contributed by atoms with E-state index in [0.29, 0.717) is 31.0 Å². The van der Waals surface area contributed by atoms with Crippen LogP contribution in [0, 0.1) is 17.0 Å². The molecule has 0 aliphatic carbocycles. The number of benzene rings is 2. The Labute approximate surface area is 221 Å². The van der Waals surface area contributed by atoms with Crippen molar-refractivity contribution in [3.8, 4) is 0 Å². The number of hydrogen-bond acceptors (Lipinski definition) is 6. The Morgan fingerprint density at radius 1 is 1.18 bits per heavy atom. The first-order valence-electron chi connectivity index (χ1n) is 11.5. The van der Waals surface area contributed by atoms with Crippen LogP contribution in [0.5, 0.6) is 0 Å². The van der Waals surface area contributed by atoms with Crippen LogP contribution in [0.1, 0.15) is 22.6 Å². The fourth-order valence-electron chi connectivity index (χ4n) is 4.27. The molecule has 0 saturated heterocycles. The molecular weight excluding hydrogens is 519 g/mol. The second kappa shape index (κ2) is 10.7. The molecule has 38 heavy (non-hydrogen) atoms. The van der Waals surface area contributed by atoms with Gasteiger partial charge in [-0.15, -0.1) is 0 Å². The number of thiocarbonyl (C=S) groups is 1. The van der Waals surface area contributed by atoms with Crippen LogP contribution >= 0.6 is 12.2 Å². The van der Waals surface area contributed by atoms with Gasteiger partial charge in [0, 0.05) is 28.8 Å². The monoisotopic (exact) mass is 543 g/mol. The molecule has 0 radical (unpaired) electrons. The SMILES string of the molecule is Cc1[nH]c2ccc(N(C(N)=S)c3ccccc3C(F)(F)F)cc2c1CCN(C)Cc1ncc([N+](=O)[O-])cn1. The van der Waals surface area contributed by atoms with Gasteiger partial charge in [-0.25, -0.2) is 9.97 Å². The largest absolute Gasteiger partial charge is 0.418 e. The normalized spacial score (nSPS) is 11.7. The lowest BCUT2D eigenvalue weighted by molar-refractivity contribution is -0.385. The molecular formula is C25H24F3N7O2S. The minimum atomic E-state index is -4.59. The van der Waals surface area contributed by atoms with Crippen molar-refractivity contribution >= 4 is 45.3 Å². The van der Waals surface area contributed by atoms with Crippen LogP contribution in [0.4, 0.5) is 30.2 Å². The van der Waals surface area contributed by atoms with Crippen LogP contribution in [0.25, 0.3) is 10.9 Å². The summed E-state index contributed by atoms with van der Waals surface area (Å²) in [6.45, 7) is 2.92. The molecule has 0 aliphatic heterocycles. The van der Waals surface area contributed by atoms with Gasteiger partial charge in [0.1, 0.15) is 18.2 Å². The second-order valence-electron chi connectivity index (χ2n) is 8.75. The average molecular weight is 544 g/mol. The van der Waals surface area contributed by atoms with Crippen molar-refractivity contribution in [3.63, 3.8) is 0 Å². The topological polar surface area (TPSA) is 117 Å². The molecule has 0 unspecified atom stereocenters. The Morgan fingerprint density at radius 2 is 1.87 bits per heavy atom. The van der Waals surface area contributed by atoms with E-state index < -0.39 is 16.7 Å². The fourth-order valence-corrected chi connectivity index (χ4v) is 4.48. The summed E-state index contributed by atoms with van der Waals surface area (Å²) in [4.78, 5) is 24.8. The standard InChI is InChI=1S/C25H24F3N7O2S/c1-15-18(9-10-33(2)14-23-30-12-17(13-31-23)35(36)37)19-11-16(7-8-21(19)32-15)34(24(29)38)22-6-4-3-5-20(22)25(26,27)28/h3-8,11-13,32H,9-10,14H2,1-2H3,(H2,29,38). The van der Waals surface area contributed by atoms with E-state index in [2.05, 4.69) is 15.0 Å². The molecule has 0 bridgehead atoms. The predicted molar refractivity (Wildman–Crippen MR) is 142 cm³/mol. The first-order valence-corrected chi connectivity index (χ1v) is 11.9. The maximum Gasteiger partial charge on any atom is 0.418 e. The number of likely N-dealkylation sites (N-methyl/N-ethyl adjacent to an activating group) is 1. The van der Waals surface area contributed by atoms with Gasteiger partial charge in [-0.05, 0) is 68.5 Å². The lowest BCUT2D eigenvalue weighted by atomic mass is 10.1. The minimum Gasteiger partial charge on any atom is -0.376 e. The zero-order valence-corrected chi connectivity index (χ0v) is 21.3. The Balaban J connectivity index is 1.60. The van der Waals surface area contributed by atoms with Crippen LogP contribution in [0.2, 0.25) is 0 Å². The van der Waals surface area contributed by atoms with Gasteiger partial charge in [0.25, 0.3) is 0 Å². The third-order valence-electron chi connectivity index (χ3n) is 6.09. The van der Waals surface area contributed by atoms with Gasteiger partial charge in [0.15, 0.2) is 5.11 Å². The smallest absolute Gasteiger partial charge is 0.376 e. The summed E-state index contributed by atoms with van der Waals surface area (Å²) in [6.07, 6.45) is -1.62. The molecule has 4 rings (SSSR count). The molecule has 198 valence electrons. The van der Waals surface area contributed by atoms with E-state index in [9.17, 15) is 23.3 Å². The van der Waals surface area contributed by atoms with Gasteiger partial charge in [-0.1, -0.05) is 12.1 Å². The number of H-pyrrole nitrogens is 1. The van der Waals surface area contributed by atoms with Crippen LogP contribution in [0.3, 0.4) is 0 Å². The average Bonchev–Trinajstić information content (AvgIpc) is 3.17. The van der Waals surface area contributed by atoms with Gasteiger partial charge >= 0.3 is 11.9 Å². The highest BCUT2D eigenvalue weighted by Gasteiger charge is 2.35. The van der Waals surface area contributed by atoms with Crippen molar-refractivity contribution in [1.29, 1.82) is 0 Å². The summed E-state index contributed by atoms with van der Waals surface area (Å²) in [5.41, 5.74) is 7.92. The first kappa shape index (κ1) is 26.9. The Bertz CT molecular complexity index is 1490. The van der Waals surface area contributed by atoms with E-state index >= 15 is 0 Å². The van der Waals surface area contributed by atoms with Crippen molar-refractivity contribution in [2.45, 2.75) is 26.1 Å². The highest BCUT2D eigenvalue weighted by atomic mass is 32.1. The molecule has 0 atom stereocenters. The highest BCUT2D eigenvalue weighted by Crippen LogP contribution is 2.40. The quantitative estimate of drug-likeness (QED) is 0.176. The molecule has 4 aromatic rings. The molecule has 0 spiro atoms. The van der Waals surface area contributed by atoms with E-state index in [1.54, 1.807) is 18.2 Å². The summed E-state index contributed by atoms with van der Waals surface area (Å²) >= 11 is 5.17. The van der Waals surface area contributed by atoms with Crippen molar-refractivity contribution in [1.82, 2.24) is 19.9 Å². The maximum absolute atomic E-state index is 13.7. The zero-order valence-electron chi connectivity index (χ0n) is 20.5. The molecule has 2 heterocycles. The first-order chi connectivity index (χ1) is 18.0. The van der Waals surface area contributed by atoms with E-state index in [0.717, 1.165) is 28.2 Å². The number of alkyl halides is 3. The van der Waals surface area contributed by atoms with Gasteiger partial charge in [0.05, 0.1) is 22.7 Å². The number of nitro groups is 1. The van der Waals surface area contributed by atoms with E-state index in [-0.39, 0.29) is 16.5 Å². The van der Waals surface area contributed by atoms with Crippen LogP contribution in [-0.4, -0.2) is 43.5 Å². The number of nitrogens with one attached hydrogen (secondary N) is 1. The van der Waals surface area contributed by atoms with Crippen LogP contribution < -0.4 is 10.6 Å². The molecule has 2 aromatic carbocycles. The Morgan fingerprint density at radius 3 is 2.50 bits per heavy atom. The third-order valence-corrected chi connectivity index (χ3v) is 6.27. The number of aromatic amines is 1. The predicted octanol–water partition coefficient (Wildman–Crippen LogP) is 5.25. The summed E-state index contributed by atoms with van der Waals surface area (Å²) in [7, 11) is 1.88. The Kier molecular flexibility index (Phi) is 7.60. The van der Waals surface area contributed by atoms with Crippen LogP contribution in [-0.2, 0) is 19.1 Å². The molecule has 0 amide bonds. The van der Waals surface area contributed by atoms with Crippen molar-refractivity contribution in [3.05, 3.63) is 87.6 Å². The number of halogens is 3. The van der Waals surface area contributed by atoms with Crippen molar-refractivity contribution in [2.24, 2.45) is 5.73 Å². The summed E-state index contributed by atoms with van der Waals surface area (Å²) < 4.78 is 41.2. The molecule has 0 saturated carbocycles. The van der Waals surface area contributed by atoms with Crippen molar-refractivity contribution in [2.75, 3.05) is 18.5 Å². The number of rotatable bonds is 8. The second-order valence-corrected chi connectivity index (χ2v) is 9.17. The maximum atomic E-state index is 13.7. The molecule has 2 aromatic heterocycles. The van der Waals surface area contributed by atoms with E-state index in [1.165, 1.54) is 35.5 Å². The number of anilines is 2. The Hall–Kier alpha value is -4.10. The lowest BCUT2D eigenvalue weighted by Gasteiger charge is -2.26.